The van der Waals surface area contributed by atoms with Crippen LogP contribution in [0.1, 0.15) is 12.5 Å². The Balaban J connectivity index is 1.85. The Morgan fingerprint density at radius 3 is 2.59 bits per heavy atom. The number of hydrogen-bond donors (Lipinski definition) is 2. The molecule has 22 heavy (non-hydrogen) atoms. The maximum absolute atomic E-state index is 12.5. The molecule has 6 heteroatoms. The van der Waals surface area contributed by atoms with Gasteiger partial charge in [0.1, 0.15) is 5.75 Å². The lowest BCUT2D eigenvalue weighted by Crippen LogP contribution is -2.13. The first-order valence-corrected chi connectivity index (χ1v) is 8.52. The molecule has 5 nitrogen and oxygen atoms in total. The zero-order valence-electron chi connectivity index (χ0n) is 12.5. The normalized spacial score (nSPS) is 16.7. The average molecular weight is 318 g/mol. The Morgan fingerprint density at radius 1 is 1.18 bits per heavy atom. The van der Waals surface area contributed by atoms with Gasteiger partial charge in [0.25, 0.3) is 10.0 Å². The molecule has 0 fully saturated rings. The van der Waals surface area contributed by atoms with Crippen LogP contribution in [0.2, 0.25) is 0 Å². The predicted octanol–water partition coefficient (Wildman–Crippen LogP) is 2.85. The molecule has 0 aliphatic carbocycles. The maximum atomic E-state index is 12.5. The van der Waals surface area contributed by atoms with E-state index in [0.717, 1.165) is 17.7 Å². The van der Waals surface area contributed by atoms with E-state index in [9.17, 15) is 8.42 Å². The van der Waals surface area contributed by atoms with Crippen molar-refractivity contribution in [3.63, 3.8) is 0 Å². The van der Waals surface area contributed by atoms with Crippen molar-refractivity contribution in [1.82, 2.24) is 0 Å². The fourth-order valence-corrected chi connectivity index (χ4v) is 3.68. The highest BCUT2D eigenvalue weighted by atomic mass is 32.2. The van der Waals surface area contributed by atoms with Crippen molar-refractivity contribution in [3.8, 4) is 5.75 Å². The van der Waals surface area contributed by atoms with Gasteiger partial charge in [0.05, 0.1) is 12.0 Å². The van der Waals surface area contributed by atoms with Crippen molar-refractivity contribution in [2.24, 2.45) is 0 Å². The SMILES string of the molecule is COc1ccc(NS(=O)(=O)c2ccc3c(c2)C[C@H](C)N3)cc1. The standard InChI is InChI=1S/C16H18N2O3S/c1-11-9-12-10-15(7-8-16(12)17-11)22(19,20)18-13-3-5-14(21-2)6-4-13/h3-8,10-11,17-18H,9H2,1-2H3/t11-/m0/s1. The number of benzene rings is 2. The molecule has 0 unspecified atom stereocenters. The summed E-state index contributed by atoms with van der Waals surface area (Å²) in [6.45, 7) is 2.07. The lowest BCUT2D eigenvalue weighted by Gasteiger charge is -2.10. The molecular formula is C16H18N2O3S. The van der Waals surface area contributed by atoms with Crippen LogP contribution in [0, 0.1) is 0 Å². The molecule has 2 aromatic rings. The van der Waals surface area contributed by atoms with Crippen molar-refractivity contribution in [3.05, 3.63) is 48.0 Å². The summed E-state index contributed by atoms with van der Waals surface area (Å²) >= 11 is 0. The number of rotatable bonds is 4. The van der Waals surface area contributed by atoms with Gasteiger partial charge in [-0.15, -0.1) is 0 Å². The molecule has 1 aliphatic heterocycles. The van der Waals surface area contributed by atoms with Gasteiger partial charge in [-0.3, -0.25) is 4.72 Å². The van der Waals surface area contributed by atoms with Crippen LogP contribution in [0.5, 0.6) is 5.75 Å². The Kier molecular flexibility index (Phi) is 3.70. The number of anilines is 2. The molecule has 2 N–H and O–H groups in total. The molecule has 0 bridgehead atoms. The Hall–Kier alpha value is -2.21. The van der Waals surface area contributed by atoms with Gasteiger partial charge < -0.3 is 10.1 Å². The molecule has 0 radical (unpaired) electrons. The molecule has 0 saturated carbocycles. The third kappa shape index (κ3) is 2.87. The van der Waals surface area contributed by atoms with Gasteiger partial charge in [-0.05, 0) is 61.4 Å². The van der Waals surface area contributed by atoms with Gasteiger partial charge in [-0.25, -0.2) is 8.42 Å². The van der Waals surface area contributed by atoms with Crippen LogP contribution in [0.4, 0.5) is 11.4 Å². The number of hydrogen-bond acceptors (Lipinski definition) is 4. The second-order valence-corrected chi connectivity index (χ2v) is 7.08. The van der Waals surface area contributed by atoms with Crippen molar-refractivity contribution in [2.45, 2.75) is 24.3 Å². The minimum atomic E-state index is -3.59. The third-order valence-electron chi connectivity index (χ3n) is 3.66. The van der Waals surface area contributed by atoms with E-state index >= 15 is 0 Å². The molecule has 116 valence electrons. The fraction of sp³-hybridized carbons (Fsp3) is 0.250. The van der Waals surface area contributed by atoms with Crippen molar-refractivity contribution in [2.75, 3.05) is 17.1 Å². The first kappa shape index (κ1) is 14.7. The molecule has 0 spiro atoms. The number of methoxy groups -OCH3 is 1. The second-order valence-electron chi connectivity index (χ2n) is 5.40. The first-order valence-electron chi connectivity index (χ1n) is 7.04. The molecule has 1 atom stereocenters. The Bertz CT molecular complexity index is 786. The van der Waals surface area contributed by atoms with Gasteiger partial charge >= 0.3 is 0 Å². The average Bonchev–Trinajstić information content (AvgIpc) is 2.86. The van der Waals surface area contributed by atoms with Crippen molar-refractivity contribution < 1.29 is 13.2 Å². The van der Waals surface area contributed by atoms with Crippen LogP contribution in [0.15, 0.2) is 47.4 Å². The van der Waals surface area contributed by atoms with E-state index in [4.69, 9.17) is 4.74 Å². The van der Waals surface area contributed by atoms with Crippen LogP contribution in [-0.4, -0.2) is 21.6 Å². The van der Waals surface area contributed by atoms with Gasteiger partial charge in [0, 0.05) is 17.4 Å². The topological polar surface area (TPSA) is 67.4 Å². The van der Waals surface area contributed by atoms with Crippen LogP contribution in [0.3, 0.4) is 0 Å². The highest BCUT2D eigenvalue weighted by Crippen LogP contribution is 2.29. The molecule has 0 aromatic heterocycles. The molecule has 2 aromatic carbocycles. The minimum absolute atomic E-state index is 0.276. The largest absolute Gasteiger partial charge is 0.497 e. The smallest absolute Gasteiger partial charge is 0.261 e. The van der Waals surface area contributed by atoms with Crippen LogP contribution in [0.25, 0.3) is 0 Å². The number of nitrogens with one attached hydrogen (secondary N) is 2. The molecule has 1 aliphatic rings. The van der Waals surface area contributed by atoms with Crippen molar-refractivity contribution >= 4 is 21.4 Å². The minimum Gasteiger partial charge on any atom is -0.497 e. The van der Waals surface area contributed by atoms with Gasteiger partial charge in [0.2, 0.25) is 0 Å². The van der Waals surface area contributed by atoms with E-state index in [1.807, 2.05) is 6.07 Å². The van der Waals surface area contributed by atoms with E-state index in [-0.39, 0.29) is 4.90 Å². The zero-order valence-corrected chi connectivity index (χ0v) is 13.3. The van der Waals surface area contributed by atoms with Gasteiger partial charge in [-0.2, -0.15) is 0 Å². The Labute approximate surface area is 130 Å². The quantitative estimate of drug-likeness (QED) is 0.909. The summed E-state index contributed by atoms with van der Waals surface area (Å²) in [6.07, 6.45) is 0.835. The van der Waals surface area contributed by atoms with Gasteiger partial charge in [-0.1, -0.05) is 0 Å². The molecule has 0 amide bonds. The summed E-state index contributed by atoms with van der Waals surface area (Å²) in [5, 5.41) is 3.31. The van der Waals surface area contributed by atoms with Crippen molar-refractivity contribution in [1.29, 1.82) is 0 Å². The second kappa shape index (κ2) is 5.53. The van der Waals surface area contributed by atoms with Crippen LogP contribution >= 0.6 is 0 Å². The zero-order chi connectivity index (χ0) is 15.7. The lowest BCUT2D eigenvalue weighted by molar-refractivity contribution is 0.415. The highest BCUT2D eigenvalue weighted by Gasteiger charge is 2.21. The number of ether oxygens (including phenoxy) is 1. The van der Waals surface area contributed by atoms with Crippen LogP contribution in [-0.2, 0) is 16.4 Å². The lowest BCUT2D eigenvalue weighted by atomic mass is 10.1. The summed E-state index contributed by atoms with van der Waals surface area (Å²) in [7, 11) is -2.02. The molecule has 0 saturated heterocycles. The van der Waals surface area contributed by atoms with E-state index in [1.54, 1.807) is 43.5 Å². The van der Waals surface area contributed by atoms with Crippen LogP contribution < -0.4 is 14.8 Å². The predicted molar refractivity (Wildman–Crippen MR) is 87.0 cm³/mol. The highest BCUT2D eigenvalue weighted by molar-refractivity contribution is 7.92. The van der Waals surface area contributed by atoms with E-state index in [1.165, 1.54) is 0 Å². The summed E-state index contributed by atoms with van der Waals surface area (Å²) in [4.78, 5) is 0.276. The maximum Gasteiger partial charge on any atom is 0.261 e. The summed E-state index contributed by atoms with van der Waals surface area (Å²) in [5.74, 6) is 0.681. The summed E-state index contributed by atoms with van der Waals surface area (Å²) in [5.41, 5.74) is 2.55. The van der Waals surface area contributed by atoms with E-state index in [2.05, 4.69) is 17.0 Å². The monoisotopic (exact) mass is 318 g/mol. The van der Waals surface area contributed by atoms with Gasteiger partial charge in [0.15, 0.2) is 0 Å². The van der Waals surface area contributed by atoms with E-state index in [0.29, 0.717) is 17.5 Å². The number of fused-ring (bicyclic) bond motifs is 1. The summed E-state index contributed by atoms with van der Waals surface area (Å²) < 4.78 is 32.6. The molecule has 3 rings (SSSR count). The summed E-state index contributed by atoms with van der Waals surface area (Å²) in [6, 6.07) is 12.3. The Morgan fingerprint density at radius 2 is 1.91 bits per heavy atom. The molecular weight excluding hydrogens is 300 g/mol. The molecule has 1 heterocycles. The fourth-order valence-electron chi connectivity index (χ4n) is 2.57. The number of sulfonamides is 1. The first-order chi connectivity index (χ1) is 10.5. The van der Waals surface area contributed by atoms with E-state index < -0.39 is 10.0 Å². The third-order valence-corrected chi connectivity index (χ3v) is 5.04.